The van der Waals surface area contributed by atoms with E-state index >= 15 is 0 Å². The molecule has 0 radical (unpaired) electrons. The van der Waals surface area contributed by atoms with E-state index in [1.54, 1.807) is 6.07 Å². The maximum absolute atomic E-state index is 6.22. The van der Waals surface area contributed by atoms with Gasteiger partial charge in [-0.2, -0.15) is 5.10 Å². The molecular weight excluding hydrogens is 293 g/mol. The number of hydrogen-bond acceptors (Lipinski definition) is 2. The second-order valence-electron chi connectivity index (χ2n) is 5.22. The first kappa shape index (κ1) is 15.4. The molecule has 0 aliphatic heterocycles. The van der Waals surface area contributed by atoms with Crippen LogP contribution in [0.4, 0.5) is 0 Å². The summed E-state index contributed by atoms with van der Waals surface area (Å²) in [6, 6.07) is 7.69. The fourth-order valence-corrected chi connectivity index (χ4v) is 2.35. The van der Waals surface area contributed by atoms with Crippen molar-refractivity contribution in [3.63, 3.8) is 0 Å². The second-order valence-corrected chi connectivity index (χ2v) is 6.00. The fraction of sp³-hybridized carbons (Fsp3) is 0.400. The quantitative estimate of drug-likeness (QED) is 0.874. The minimum atomic E-state index is 0.579. The number of benzene rings is 1. The zero-order valence-electron chi connectivity index (χ0n) is 11.7. The maximum atomic E-state index is 6.22. The third-order valence-corrected chi connectivity index (χ3v) is 3.87. The molecule has 2 aromatic rings. The van der Waals surface area contributed by atoms with E-state index in [4.69, 9.17) is 23.2 Å². The summed E-state index contributed by atoms with van der Waals surface area (Å²) in [5.41, 5.74) is 2.12. The van der Waals surface area contributed by atoms with E-state index in [1.165, 1.54) is 0 Å². The second kappa shape index (κ2) is 7.11. The van der Waals surface area contributed by atoms with Gasteiger partial charge in [-0.25, -0.2) is 0 Å². The van der Waals surface area contributed by atoms with Crippen LogP contribution in [0.1, 0.15) is 25.1 Å². The summed E-state index contributed by atoms with van der Waals surface area (Å²) in [4.78, 5) is 0. The molecule has 2 rings (SSSR count). The van der Waals surface area contributed by atoms with E-state index in [0.717, 1.165) is 24.3 Å². The van der Waals surface area contributed by atoms with E-state index < -0.39 is 0 Å². The van der Waals surface area contributed by atoms with Crippen LogP contribution in [0, 0.1) is 5.92 Å². The summed E-state index contributed by atoms with van der Waals surface area (Å²) in [5, 5.41) is 8.96. The summed E-state index contributed by atoms with van der Waals surface area (Å²) >= 11 is 12.3. The van der Waals surface area contributed by atoms with Crippen molar-refractivity contribution < 1.29 is 0 Å². The van der Waals surface area contributed by atoms with Crippen molar-refractivity contribution in [2.24, 2.45) is 5.92 Å². The van der Waals surface area contributed by atoms with Gasteiger partial charge in [-0.15, -0.1) is 0 Å². The molecule has 1 heterocycles. The zero-order chi connectivity index (χ0) is 14.5. The Labute approximate surface area is 129 Å². The van der Waals surface area contributed by atoms with Crippen molar-refractivity contribution >= 4 is 23.2 Å². The van der Waals surface area contributed by atoms with Gasteiger partial charge in [0.2, 0.25) is 0 Å². The molecule has 108 valence electrons. The Morgan fingerprint density at radius 2 is 2.05 bits per heavy atom. The molecule has 0 saturated carbocycles. The van der Waals surface area contributed by atoms with Gasteiger partial charge in [0.1, 0.15) is 0 Å². The van der Waals surface area contributed by atoms with Gasteiger partial charge < -0.3 is 5.32 Å². The summed E-state index contributed by atoms with van der Waals surface area (Å²) in [6.45, 7) is 6.80. The number of nitrogens with one attached hydrogen (secondary N) is 1. The molecule has 1 aromatic carbocycles. The molecule has 0 amide bonds. The standard InChI is InChI=1S/C15H19Cl2N3/c1-11(2)8-18-9-13-6-7-19-20(13)10-12-4-3-5-14(16)15(12)17/h3-7,11,18H,8-10H2,1-2H3. The topological polar surface area (TPSA) is 29.9 Å². The molecule has 0 spiro atoms. The molecule has 20 heavy (non-hydrogen) atoms. The molecule has 0 fully saturated rings. The zero-order valence-corrected chi connectivity index (χ0v) is 13.2. The van der Waals surface area contributed by atoms with Crippen molar-refractivity contribution in [2.75, 3.05) is 6.54 Å². The Kier molecular flexibility index (Phi) is 5.46. The third kappa shape index (κ3) is 3.98. The molecule has 0 atom stereocenters. The monoisotopic (exact) mass is 311 g/mol. The number of halogens is 2. The van der Waals surface area contributed by atoms with Crippen LogP contribution in [0.25, 0.3) is 0 Å². The normalized spacial score (nSPS) is 11.2. The van der Waals surface area contributed by atoms with Crippen molar-refractivity contribution in [1.82, 2.24) is 15.1 Å². The molecule has 1 N–H and O–H groups in total. The van der Waals surface area contributed by atoms with E-state index in [1.807, 2.05) is 29.1 Å². The lowest BCUT2D eigenvalue weighted by Crippen LogP contribution is -2.21. The molecule has 0 bridgehead atoms. The van der Waals surface area contributed by atoms with Crippen LogP contribution >= 0.6 is 23.2 Å². The first-order valence-electron chi connectivity index (χ1n) is 6.72. The number of nitrogens with zero attached hydrogens (tertiary/aromatic N) is 2. The molecule has 0 aliphatic carbocycles. The third-order valence-electron chi connectivity index (χ3n) is 3.01. The van der Waals surface area contributed by atoms with E-state index in [2.05, 4.69) is 24.3 Å². The predicted molar refractivity (Wildman–Crippen MR) is 84.3 cm³/mol. The van der Waals surface area contributed by atoms with Gasteiger partial charge >= 0.3 is 0 Å². The largest absolute Gasteiger partial charge is 0.311 e. The first-order chi connectivity index (χ1) is 9.58. The van der Waals surface area contributed by atoms with Crippen LogP contribution in [-0.4, -0.2) is 16.3 Å². The average Bonchev–Trinajstić information content (AvgIpc) is 2.82. The smallest absolute Gasteiger partial charge is 0.0678 e. The van der Waals surface area contributed by atoms with Crippen LogP contribution in [-0.2, 0) is 13.1 Å². The molecule has 0 unspecified atom stereocenters. The lowest BCUT2D eigenvalue weighted by atomic mass is 10.2. The van der Waals surface area contributed by atoms with Crippen LogP contribution in [0.2, 0.25) is 10.0 Å². The highest BCUT2D eigenvalue weighted by atomic mass is 35.5. The molecular formula is C15H19Cl2N3. The number of aromatic nitrogens is 2. The Morgan fingerprint density at radius 3 is 2.80 bits per heavy atom. The van der Waals surface area contributed by atoms with Gasteiger partial charge in [-0.3, -0.25) is 4.68 Å². The molecule has 0 aliphatic rings. The van der Waals surface area contributed by atoms with Gasteiger partial charge in [0.05, 0.1) is 22.3 Å². The van der Waals surface area contributed by atoms with Gasteiger partial charge in [-0.1, -0.05) is 49.2 Å². The van der Waals surface area contributed by atoms with Crippen LogP contribution in [0.3, 0.4) is 0 Å². The lowest BCUT2D eigenvalue weighted by molar-refractivity contribution is 0.529. The van der Waals surface area contributed by atoms with Crippen LogP contribution in [0.15, 0.2) is 30.5 Å². The van der Waals surface area contributed by atoms with E-state index in [0.29, 0.717) is 22.5 Å². The van der Waals surface area contributed by atoms with Gasteiger partial charge in [0.25, 0.3) is 0 Å². The van der Waals surface area contributed by atoms with Crippen molar-refractivity contribution in [2.45, 2.75) is 26.9 Å². The molecule has 5 heteroatoms. The summed E-state index contributed by atoms with van der Waals surface area (Å²) < 4.78 is 1.95. The minimum Gasteiger partial charge on any atom is -0.311 e. The fourth-order valence-electron chi connectivity index (χ4n) is 1.97. The number of hydrogen-bond donors (Lipinski definition) is 1. The van der Waals surface area contributed by atoms with Crippen molar-refractivity contribution in [3.8, 4) is 0 Å². The maximum Gasteiger partial charge on any atom is 0.0678 e. The highest BCUT2D eigenvalue weighted by Gasteiger charge is 2.08. The van der Waals surface area contributed by atoms with Crippen LogP contribution in [0.5, 0.6) is 0 Å². The lowest BCUT2D eigenvalue weighted by Gasteiger charge is -2.11. The van der Waals surface area contributed by atoms with Crippen molar-refractivity contribution in [3.05, 3.63) is 51.8 Å². The highest BCUT2D eigenvalue weighted by Crippen LogP contribution is 2.26. The Hall–Kier alpha value is -1.03. The highest BCUT2D eigenvalue weighted by molar-refractivity contribution is 6.42. The van der Waals surface area contributed by atoms with Crippen molar-refractivity contribution in [1.29, 1.82) is 0 Å². The van der Waals surface area contributed by atoms with E-state index in [-0.39, 0.29) is 0 Å². The minimum absolute atomic E-state index is 0.579. The number of rotatable bonds is 6. The molecule has 1 aromatic heterocycles. The predicted octanol–water partition coefficient (Wildman–Crippen LogP) is 3.98. The summed E-state index contributed by atoms with van der Waals surface area (Å²) in [6.07, 6.45) is 1.81. The molecule has 3 nitrogen and oxygen atoms in total. The van der Waals surface area contributed by atoms with Gasteiger partial charge in [-0.05, 0) is 30.2 Å². The average molecular weight is 312 g/mol. The Bertz CT molecular complexity index is 564. The Balaban J connectivity index is 2.06. The van der Waals surface area contributed by atoms with Gasteiger partial charge in [0.15, 0.2) is 0 Å². The Morgan fingerprint density at radius 1 is 1.25 bits per heavy atom. The summed E-state index contributed by atoms with van der Waals surface area (Å²) in [7, 11) is 0. The first-order valence-corrected chi connectivity index (χ1v) is 7.48. The van der Waals surface area contributed by atoms with Gasteiger partial charge in [0, 0.05) is 12.7 Å². The van der Waals surface area contributed by atoms with E-state index in [9.17, 15) is 0 Å². The summed E-state index contributed by atoms with van der Waals surface area (Å²) in [5.74, 6) is 0.633. The van der Waals surface area contributed by atoms with Crippen LogP contribution < -0.4 is 5.32 Å². The SMILES string of the molecule is CC(C)CNCc1ccnn1Cc1cccc(Cl)c1Cl. The molecule has 0 saturated heterocycles.